The summed E-state index contributed by atoms with van der Waals surface area (Å²) in [6, 6.07) is 5.60. The maximum absolute atomic E-state index is 12.8. The van der Waals surface area contributed by atoms with Gasteiger partial charge in [-0.05, 0) is 31.2 Å². The van der Waals surface area contributed by atoms with E-state index in [4.69, 9.17) is 0 Å². The summed E-state index contributed by atoms with van der Waals surface area (Å²) in [6.45, 7) is 3.06. The van der Waals surface area contributed by atoms with Crippen molar-refractivity contribution in [3.05, 3.63) is 35.6 Å². The summed E-state index contributed by atoms with van der Waals surface area (Å²) in [4.78, 5) is 24.6. The molecule has 0 aliphatic carbocycles. The van der Waals surface area contributed by atoms with E-state index in [9.17, 15) is 14.0 Å². The molecule has 5 nitrogen and oxygen atoms in total. The molecule has 6 heteroatoms. The molecule has 0 atom stereocenters. The minimum atomic E-state index is -0.480. The van der Waals surface area contributed by atoms with Crippen molar-refractivity contribution in [2.45, 2.75) is 19.9 Å². The highest BCUT2D eigenvalue weighted by Crippen LogP contribution is 2.05. The number of hydrogen-bond donors (Lipinski definition) is 2. The Morgan fingerprint density at radius 3 is 2.50 bits per heavy atom. The maximum atomic E-state index is 12.8. The number of benzene rings is 1. The second-order valence-corrected chi connectivity index (χ2v) is 4.60. The summed E-state index contributed by atoms with van der Waals surface area (Å²) >= 11 is 0. The third-order valence-electron chi connectivity index (χ3n) is 2.57. The minimum Gasteiger partial charge on any atom is -0.338 e. The molecule has 0 radical (unpaired) electrons. The van der Waals surface area contributed by atoms with Crippen LogP contribution in [0.2, 0.25) is 0 Å². The van der Waals surface area contributed by atoms with Crippen LogP contribution >= 0.6 is 0 Å². The summed E-state index contributed by atoms with van der Waals surface area (Å²) in [5.74, 6) is -0.662. The van der Waals surface area contributed by atoms with Crippen LogP contribution in [-0.2, 0) is 11.3 Å². The van der Waals surface area contributed by atoms with Crippen molar-refractivity contribution in [3.8, 4) is 0 Å². The van der Waals surface area contributed by atoms with Crippen molar-refractivity contribution in [3.63, 3.8) is 0 Å². The Labute approximate surface area is 118 Å². The standard InChI is InChI=1S/C14H20FN3O2/c1-3-8-16-14(20)17-13(19)10-18(2)9-11-4-6-12(15)7-5-11/h4-7H,3,8-10H2,1-2H3,(H2,16,17,19,20). The molecule has 1 aromatic rings. The van der Waals surface area contributed by atoms with E-state index in [1.807, 2.05) is 6.92 Å². The fourth-order valence-corrected chi connectivity index (χ4v) is 1.65. The molecular weight excluding hydrogens is 261 g/mol. The quantitative estimate of drug-likeness (QED) is 0.830. The van der Waals surface area contributed by atoms with Crippen LogP contribution in [0.25, 0.3) is 0 Å². The molecule has 0 unspecified atom stereocenters. The molecule has 0 aliphatic heterocycles. The highest BCUT2D eigenvalue weighted by Gasteiger charge is 2.10. The zero-order chi connectivity index (χ0) is 15.0. The van der Waals surface area contributed by atoms with Gasteiger partial charge in [0.05, 0.1) is 6.54 Å². The van der Waals surface area contributed by atoms with Gasteiger partial charge in [-0.1, -0.05) is 19.1 Å². The van der Waals surface area contributed by atoms with Crippen molar-refractivity contribution in [1.82, 2.24) is 15.5 Å². The number of nitrogens with zero attached hydrogens (tertiary/aromatic N) is 1. The summed E-state index contributed by atoms with van der Waals surface area (Å²) in [5, 5.41) is 4.81. The van der Waals surface area contributed by atoms with Gasteiger partial charge in [0.1, 0.15) is 5.82 Å². The third kappa shape index (κ3) is 6.29. The molecule has 2 N–H and O–H groups in total. The minimum absolute atomic E-state index is 0.0942. The van der Waals surface area contributed by atoms with Crippen molar-refractivity contribution in [2.24, 2.45) is 0 Å². The SMILES string of the molecule is CCCNC(=O)NC(=O)CN(C)Cc1ccc(F)cc1. The lowest BCUT2D eigenvalue weighted by Gasteiger charge is -2.16. The smallest absolute Gasteiger partial charge is 0.321 e. The Hall–Kier alpha value is -1.95. The number of urea groups is 1. The first-order valence-corrected chi connectivity index (χ1v) is 6.52. The maximum Gasteiger partial charge on any atom is 0.321 e. The van der Waals surface area contributed by atoms with Crippen LogP contribution in [0.3, 0.4) is 0 Å². The molecule has 0 bridgehead atoms. The lowest BCUT2D eigenvalue weighted by molar-refractivity contribution is -0.120. The number of imide groups is 1. The summed E-state index contributed by atoms with van der Waals surface area (Å²) < 4.78 is 12.8. The number of likely N-dealkylation sites (N-methyl/N-ethyl adjacent to an activating group) is 1. The van der Waals surface area contributed by atoms with E-state index in [1.165, 1.54) is 12.1 Å². The Bertz CT molecular complexity index is 448. The number of halogens is 1. The number of nitrogens with one attached hydrogen (secondary N) is 2. The van der Waals surface area contributed by atoms with Crippen LogP contribution in [0.5, 0.6) is 0 Å². The van der Waals surface area contributed by atoms with Crippen LogP contribution in [0, 0.1) is 5.82 Å². The Morgan fingerprint density at radius 1 is 1.25 bits per heavy atom. The molecule has 0 spiro atoms. The average molecular weight is 281 g/mol. The van der Waals surface area contributed by atoms with Crippen LogP contribution in [0.15, 0.2) is 24.3 Å². The first-order chi connectivity index (χ1) is 9.51. The molecule has 110 valence electrons. The first-order valence-electron chi connectivity index (χ1n) is 6.52. The van der Waals surface area contributed by atoms with Crippen LogP contribution < -0.4 is 10.6 Å². The molecule has 0 aromatic heterocycles. The van der Waals surface area contributed by atoms with Crippen LogP contribution in [-0.4, -0.2) is 37.0 Å². The summed E-state index contributed by atoms with van der Waals surface area (Å²) in [7, 11) is 1.76. The van der Waals surface area contributed by atoms with Crippen molar-refractivity contribution >= 4 is 11.9 Å². The molecule has 1 rings (SSSR count). The van der Waals surface area contributed by atoms with E-state index in [0.29, 0.717) is 13.1 Å². The molecule has 20 heavy (non-hydrogen) atoms. The van der Waals surface area contributed by atoms with Crippen LogP contribution in [0.4, 0.5) is 9.18 Å². The largest absolute Gasteiger partial charge is 0.338 e. The number of carbonyl (C=O) groups excluding carboxylic acids is 2. The molecule has 3 amide bonds. The normalized spacial score (nSPS) is 10.4. The monoisotopic (exact) mass is 281 g/mol. The number of amides is 3. The van der Waals surface area contributed by atoms with E-state index in [1.54, 1.807) is 24.1 Å². The van der Waals surface area contributed by atoms with E-state index in [2.05, 4.69) is 10.6 Å². The second-order valence-electron chi connectivity index (χ2n) is 4.60. The third-order valence-corrected chi connectivity index (χ3v) is 2.57. The Morgan fingerprint density at radius 2 is 1.90 bits per heavy atom. The van der Waals surface area contributed by atoms with Crippen molar-refractivity contribution < 1.29 is 14.0 Å². The van der Waals surface area contributed by atoms with Gasteiger partial charge >= 0.3 is 6.03 Å². The fourth-order valence-electron chi connectivity index (χ4n) is 1.65. The highest BCUT2D eigenvalue weighted by atomic mass is 19.1. The predicted molar refractivity (Wildman–Crippen MR) is 74.6 cm³/mol. The van der Waals surface area contributed by atoms with Gasteiger partial charge in [0.25, 0.3) is 0 Å². The number of carbonyl (C=O) groups is 2. The van der Waals surface area contributed by atoms with Crippen LogP contribution in [0.1, 0.15) is 18.9 Å². The van der Waals surface area contributed by atoms with Gasteiger partial charge in [0.2, 0.25) is 5.91 Å². The number of rotatable bonds is 6. The zero-order valence-electron chi connectivity index (χ0n) is 11.8. The van der Waals surface area contributed by atoms with E-state index >= 15 is 0 Å². The average Bonchev–Trinajstić information content (AvgIpc) is 2.38. The van der Waals surface area contributed by atoms with Gasteiger partial charge in [-0.25, -0.2) is 9.18 Å². The topological polar surface area (TPSA) is 61.4 Å². The highest BCUT2D eigenvalue weighted by molar-refractivity contribution is 5.95. The van der Waals surface area contributed by atoms with Gasteiger partial charge in [-0.15, -0.1) is 0 Å². The summed E-state index contributed by atoms with van der Waals surface area (Å²) in [6.07, 6.45) is 0.812. The molecule has 0 fully saturated rings. The second kappa shape index (κ2) is 8.27. The molecular formula is C14H20FN3O2. The lowest BCUT2D eigenvalue weighted by Crippen LogP contribution is -2.43. The number of hydrogen-bond acceptors (Lipinski definition) is 3. The molecule has 0 aliphatic rings. The van der Waals surface area contributed by atoms with Gasteiger partial charge in [-0.2, -0.15) is 0 Å². The zero-order valence-corrected chi connectivity index (χ0v) is 11.8. The van der Waals surface area contributed by atoms with E-state index in [-0.39, 0.29) is 18.3 Å². The fraction of sp³-hybridized carbons (Fsp3) is 0.429. The molecule has 0 heterocycles. The van der Waals surface area contributed by atoms with Crippen molar-refractivity contribution in [1.29, 1.82) is 0 Å². The lowest BCUT2D eigenvalue weighted by atomic mass is 10.2. The Balaban J connectivity index is 2.34. The summed E-state index contributed by atoms with van der Waals surface area (Å²) in [5.41, 5.74) is 0.900. The van der Waals surface area contributed by atoms with Gasteiger partial charge in [0.15, 0.2) is 0 Å². The predicted octanol–water partition coefficient (Wildman–Crippen LogP) is 1.49. The van der Waals surface area contributed by atoms with E-state index in [0.717, 1.165) is 12.0 Å². The molecule has 0 saturated carbocycles. The molecule has 1 aromatic carbocycles. The molecule has 0 saturated heterocycles. The van der Waals surface area contributed by atoms with Gasteiger partial charge < -0.3 is 5.32 Å². The van der Waals surface area contributed by atoms with Gasteiger partial charge in [-0.3, -0.25) is 15.0 Å². The van der Waals surface area contributed by atoms with Gasteiger partial charge in [0, 0.05) is 13.1 Å². The Kier molecular flexibility index (Phi) is 6.66. The van der Waals surface area contributed by atoms with E-state index < -0.39 is 6.03 Å². The first kappa shape index (κ1) is 16.1. The van der Waals surface area contributed by atoms with Crippen molar-refractivity contribution in [2.75, 3.05) is 20.1 Å².